The summed E-state index contributed by atoms with van der Waals surface area (Å²) in [5.41, 5.74) is -0.327. The van der Waals surface area contributed by atoms with Gasteiger partial charge in [-0.1, -0.05) is 11.6 Å². The molecule has 29 heavy (non-hydrogen) atoms. The van der Waals surface area contributed by atoms with Crippen molar-refractivity contribution in [2.24, 2.45) is 0 Å². The molecule has 11 heteroatoms. The van der Waals surface area contributed by atoms with Crippen LogP contribution in [-0.4, -0.2) is 48.3 Å². The maximum atomic E-state index is 12.7. The first-order valence-electron chi connectivity index (χ1n) is 8.35. The van der Waals surface area contributed by atoms with E-state index in [1.54, 1.807) is 27.9 Å². The van der Waals surface area contributed by atoms with Crippen molar-refractivity contribution in [2.45, 2.75) is 13.8 Å². The molecule has 9 nitrogen and oxygen atoms in total. The molecule has 1 aromatic heterocycles. The van der Waals surface area contributed by atoms with Gasteiger partial charge in [-0.05, 0) is 31.5 Å². The van der Waals surface area contributed by atoms with Crippen LogP contribution in [0.1, 0.15) is 42.9 Å². The zero-order chi connectivity index (χ0) is 21.9. The predicted octanol–water partition coefficient (Wildman–Crippen LogP) is 3.75. The predicted molar refractivity (Wildman–Crippen MR) is 109 cm³/mol. The third kappa shape index (κ3) is 4.72. The van der Waals surface area contributed by atoms with E-state index in [0.717, 1.165) is 17.4 Å². The summed E-state index contributed by atoms with van der Waals surface area (Å²) in [6.07, 6.45) is 0. The molecule has 0 saturated carbocycles. The molecule has 1 aromatic carbocycles. The van der Waals surface area contributed by atoms with Crippen LogP contribution in [0.4, 0.5) is 10.7 Å². The second kappa shape index (κ2) is 9.01. The van der Waals surface area contributed by atoms with Gasteiger partial charge in [-0.15, -0.1) is 11.3 Å². The number of halogens is 1. The van der Waals surface area contributed by atoms with E-state index in [1.807, 2.05) is 0 Å². The van der Waals surface area contributed by atoms with E-state index in [1.165, 1.54) is 17.0 Å². The molecule has 1 N–H and O–H groups in total. The van der Waals surface area contributed by atoms with Crippen LogP contribution < -0.4 is 5.32 Å². The van der Waals surface area contributed by atoms with Crippen molar-refractivity contribution >= 4 is 51.4 Å². The molecule has 0 unspecified atom stereocenters. The average molecular weight is 440 g/mol. The standard InChI is InChI=1S/C18H18ClN3O6S/c1-5-28-18(25)13-9(2)14(17(24)21(3)4)29-16(13)20-15(23)11-7-6-10(19)8-12(11)22(26)27/h6-8H,5H2,1-4H3,(H,20,23). The number of carbonyl (C=O) groups is 3. The van der Waals surface area contributed by atoms with Crippen molar-refractivity contribution in [3.05, 3.63) is 54.9 Å². The zero-order valence-electron chi connectivity index (χ0n) is 16.1. The van der Waals surface area contributed by atoms with Crippen LogP contribution in [0.15, 0.2) is 18.2 Å². The molecule has 0 aliphatic carbocycles. The first-order chi connectivity index (χ1) is 13.6. The van der Waals surface area contributed by atoms with Gasteiger partial charge in [-0.3, -0.25) is 19.7 Å². The lowest BCUT2D eigenvalue weighted by atomic mass is 10.1. The summed E-state index contributed by atoms with van der Waals surface area (Å²) < 4.78 is 5.03. The first kappa shape index (κ1) is 22.3. The fraction of sp³-hybridized carbons (Fsp3) is 0.278. The smallest absolute Gasteiger partial charge is 0.341 e. The number of esters is 1. The lowest BCUT2D eigenvalue weighted by Crippen LogP contribution is -2.21. The van der Waals surface area contributed by atoms with Crippen LogP contribution in [0.25, 0.3) is 0 Å². The second-order valence-corrected chi connectivity index (χ2v) is 7.51. The SMILES string of the molecule is CCOC(=O)c1c(NC(=O)c2ccc(Cl)cc2[N+](=O)[O-])sc(C(=O)N(C)C)c1C. The van der Waals surface area contributed by atoms with E-state index in [4.69, 9.17) is 16.3 Å². The fourth-order valence-electron chi connectivity index (χ4n) is 2.48. The van der Waals surface area contributed by atoms with Gasteiger partial charge in [0, 0.05) is 25.2 Å². The minimum atomic E-state index is -0.816. The molecule has 0 bridgehead atoms. The highest BCUT2D eigenvalue weighted by Crippen LogP contribution is 2.35. The Morgan fingerprint density at radius 1 is 1.31 bits per heavy atom. The van der Waals surface area contributed by atoms with Crippen molar-refractivity contribution in [3.8, 4) is 0 Å². The van der Waals surface area contributed by atoms with Crippen molar-refractivity contribution in [3.63, 3.8) is 0 Å². The third-order valence-corrected chi connectivity index (χ3v) is 5.29. The van der Waals surface area contributed by atoms with Gasteiger partial charge in [0.15, 0.2) is 0 Å². The number of nitrogens with one attached hydrogen (secondary N) is 1. The van der Waals surface area contributed by atoms with Crippen molar-refractivity contribution in [1.82, 2.24) is 4.90 Å². The largest absolute Gasteiger partial charge is 0.462 e. The number of rotatable bonds is 6. The van der Waals surface area contributed by atoms with Crippen LogP contribution in [0.5, 0.6) is 0 Å². The van der Waals surface area contributed by atoms with Crippen molar-refractivity contribution in [1.29, 1.82) is 0 Å². The van der Waals surface area contributed by atoms with Crippen LogP contribution in [0.3, 0.4) is 0 Å². The van der Waals surface area contributed by atoms with E-state index in [9.17, 15) is 24.5 Å². The Kier molecular flexibility index (Phi) is 6.93. The molecular weight excluding hydrogens is 422 g/mol. The minimum absolute atomic E-state index is 0.0343. The van der Waals surface area contributed by atoms with Gasteiger partial charge in [0.1, 0.15) is 10.6 Å². The molecule has 2 rings (SSSR count). The molecule has 0 aliphatic rings. The molecule has 0 fully saturated rings. The third-order valence-electron chi connectivity index (χ3n) is 3.85. The summed E-state index contributed by atoms with van der Waals surface area (Å²) in [4.78, 5) is 49.7. The highest BCUT2D eigenvalue weighted by atomic mass is 35.5. The van der Waals surface area contributed by atoms with E-state index in [2.05, 4.69) is 5.32 Å². The number of hydrogen-bond donors (Lipinski definition) is 1. The highest BCUT2D eigenvalue weighted by Gasteiger charge is 2.29. The normalized spacial score (nSPS) is 10.4. The van der Waals surface area contributed by atoms with Crippen molar-refractivity contribution < 1.29 is 24.0 Å². The Morgan fingerprint density at radius 3 is 2.52 bits per heavy atom. The van der Waals surface area contributed by atoms with E-state index < -0.39 is 22.5 Å². The summed E-state index contributed by atoms with van der Waals surface area (Å²) >= 11 is 6.68. The maximum Gasteiger partial charge on any atom is 0.341 e. The Balaban J connectivity index is 2.53. The number of carbonyl (C=O) groups excluding carboxylic acids is 3. The fourth-order valence-corrected chi connectivity index (χ4v) is 3.85. The minimum Gasteiger partial charge on any atom is -0.462 e. The van der Waals surface area contributed by atoms with Gasteiger partial charge >= 0.3 is 5.97 Å². The summed E-state index contributed by atoms with van der Waals surface area (Å²) in [7, 11) is 3.11. The topological polar surface area (TPSA) is 119 Å². The van der Waals surface area contributed by atoms with Gasteiger partial charge in [-0.25, -0.2) is 4.79 Å². The molecule has 154 valence electrons. The first-order valence-corrected chi connectivity index (χ1v) is 9.55. The number of ether oxygens (including phenoxy) is 1. The number of nitro groups is 1. The van der Waals surface area contributed by atoms with Gasteiger partial charge in [0.25, 0.3) is 17.5 Å². The monoisotopic (exact) mass is 439 g/mol. The second-order valence-electron chi connectivity index (χ2n) is 6.05. The number of thiophene rings is 1. The number of benzene rings is 1. The summed E-state index contributed by atoms with van der Waals surface area (Å²) in [6, 6.07) is 3.62. The van der Waals surface area contributed by atoms with Crippen LogP contribution in [0, 0.1) is 17.0 Å². The highest BCUT2D eigenvalue weighted by molar-refractivity contribution is 7.18. The quantitative estimate of drug-likeness (QED) is 0.416. The number of hydrogen-bond acceptors (Lipinski definition) is 7. The number of nitro benzene ring substituents is 1. The summed E-state index contributed by atoms with van der Waals surface area (Å²) in [5.74, 6) is -1.87. The maximum absolute atomic E-state index is 12.7. The Morgan fingerprint density at radius 2 is 1.97 bits per heavy atom. The number of anilines is 1. The molecule has 0 aliphatic heterocycles. The Labute approximate surface area is 175 Å². The number of nitrogens with zero attached hydrogens (tertiary/aromatic N) is 2. The Bertz CT molecular complexity index is 1000. The molecule has 0 saturated heterocycles. The van der Waals surface area contributed by atoms with E-state index in [0.29, 0.717) is 5.56 Å². The summed E-state index contributed by atoms with van der Waals surface area (Å²) in [6.45, 7) is 3.29. The summed E-state index contributed by atoms with van der Waals surface area (Å²) in [5, 5.41) is 13.9. The van der Waals surface area contributed by atoms with E-state index >= 15 is 0 Å². The molecule has 1 heterocycles. The molecule has 2 amide bonds. The van der Waals surface area contributed by atoms with Gasteiger partial charge in [0.05, 0.1) is 22.0 Å². The lowest BCUT2D eigenvalue weighted by Gasteiger charge is -2.09. The molecule has 0 atom stereocenters. The van der Waals surface area contributed by atoms with Crippen LogP contribution in [-0.2, 0) is 4.74 Å². The van der Waals surface area contributed by atoms with Crippen LogP contribution >= 0.6 is 22.9 Å². The van der Waals surface area contributed by atoms with Crippen molar-refractivity contribution in [2.75, 3.05) is 26.0 Å². The van der Waals surface area contributed by atoms with Gasteiger partial charge in [0.2, 0.25) is 0 Å². The number of amides is 2. The molecule has 0 radical (unpaired) electrons. The molecule has 0 spiro atoms. The van der Waals surface area contributed by atoms with E-state index in [-0.39, 0.29) is 38.5 Å². The van der Waals surface area contributed by atoms with Crippen LogP contribution in [0.2, 0.25) is 5.02 Å². The molecule has 2 aromatic rings. The van der Waals surface area contributed by atoms with Gasteiger partial charge < -0.3 is 15.0 Å². The molecular formula is C18H18ClN3O6S. The zero-order valence-corrected chi connectivity index (χ0v) is 17.6. The van der Waals surface area contributed by atoms with Gasteiger partial charge in [-0.2, -0.15) is 0 Å². The lowest BCUT2D eigenvalue weighted by molar-refractivity contribution is -0.385. The Hall–Kier alpha value is -2.98. The average Bonchev–Trinajstić information content (AvgIpc) is 2.96.